The van der Waals surface area contributed by atoms with Gasteiger partial charge >= 0.3 is 6.09 Å². The van der Waals surface area contributed by atoms with Gasteiger partial charge in [0.05, 0.1) is 50.9 Å². The molecule has 0 N–H and O–H groups in total. The summed E-state index contributed by atoms with van der Waals surface area (Å²) in [5, 5.41) is 12.7. The van der Waals surface area contributed by atoms with Crippen molar-refractivity contribution in [3.8, 4) is 0 Å². The van der Waals surface area contributed by atoms with Gasteiger partial charge in [0.15, 0.2) is 11.6 Å². The number of amides is 1. The van der Waals surface area contributed by atoms with Crippen LogP contribution in [-0.4, -0.2) is 59.7 Å². The lowest BCUT2D eigenvalue weighted by molar-refractivity contribution is 0.129. The highest BCUT2D eigenvalue weighted by Crippen LogP contribution is 2.31. The van der Waals surface area contributed by atoms with E-state index in [1.807, 2.05) is 0 Å². The fourth-order valence-electron chi connectivity index (χ4n) is 2.97. The number of carbonyl (C=O) groups is 1. The normalized spacial score (nSPS) is 20.1. The van der Waals surface area contributed by atoms with E-state index in [4.69, 9.17) is 9.47 Å². The van der Waals surface area contributed by atoms with Crippen LogP contribution in [0.25, 0.3) is 0 Å². The standard InChI is InChI=1S/C16H16F2N6O3/c17-13-7-11(8-14(18)15(13)24-4-6-26-5-2-20-24)23-10-12(27-16(23)25)9-22-3-1-19-21-22/h1-3,7-8,12H,4-6,9-10H2/t12-/m0/s1. The molecule has 1 aromatic carbocycles. The van der Waals surface area contributed by atoms with Gasteiger partial charge in [-0.25, -0.2) is 18.3 Å². The first kappa shape index (κ1) is 17.3. The molecule has 4 rings (SSSR count). The molecule has 0 unspecified atom stereocenters. The third-order valence-electron chi connectivity index (χ3n) is 4.17. The van der Waals surface area contributed by atoms with Crippen LogP contribution in [-0.2, 0) is 16.0 Å². The summed E-state index contributed by atoms with van der Waals surface area (Å²) < 4.78 is 41.2. The molecule has 0 saturated carbocycles. The second kappa shape index (κ2) is 7.27. The number of anilines is 2. The number of benzene rings is 1. The molecular weight excluding hydrogens is 362 g/mol. The van der Waals surface area contributed by atoms with Crippen LogP contribution in [0.15, 0.2) is 29.6 Å². The van der Waals surface area contributed by atoms with Gasteiger partial charge in [-0.05, 0) is 0 Å². The van der Waals surface area contributed by atoms with Gasteiger partial charge in [0.2, 0.25) is 0 Å². The van der Waals surface area contributed by atoms with Gasteiger partial charge in [-0.2, -0.15) is 5.10 Å². The van der Waals surface area contributed by atoms with Crippen molar-refractivity contribution in [2.24, 2.45) is 5.10 Å². The summed E-state index contributed by atoms with van der Waals surface area (Å²) in [6, 6.07) is 2.19. The Balaban J connectivity index is 1.54. The minimum Gasteiger partial charge on any atom is -0.442 e. The van der Waals surface area contributed by atoms with Gasteiger partial charge in [-0.3, -0.25) is 9.91 Å². The molecule has 1 amide bonds. The summed E-state index contributed by atoms with van der Waals surface area (Å²) in [4.78, 5) is 13.3. The van der Waals surface area contributed by atoms with Crippen LogP contribution in [0.1, 0.15) is 0 Å². The predicted molar refractivity (Wildman–Crippen MR) is 90.7 cm³/mol. The SMILES string of the molecule is O=C1O[C@@H](Cn2ccnn2)CN1c1cc(F)c(N2CCOCC=N2)c(F)c1. The number of halogens is 2. The van der Waals surface area contributed by atoms with Crippen molar-refractivity contribution in [2.45, 2.75) is 12.6 Å². The Morgan fingerprint density at radius 2 is 2.07 bits per heavy atom. The lowest BCUT2D eigenvalue weighted by Crippen LogP contribution is -2.27. The first-order chi connectivity index (χ1) is 13.1. The highest BCUT2D eigenvalue weighted by atomic mass is 19.1. The van der Waals surface area contributed by atoms with Crippen LogP contribution < -0.4 is 9.91 Å². The minimum atomic E-state index is -0.823. The molecule has 1 atom stereocenters. The maximum Gasteiger partial charge on any atom is 0.414 e. The van der Waals surface area contributed by atoms with Crippen LogP contribution in [0.4, 0.5) is 25.0 Å². The first-order valence-electron chi connectivity index (χ1n) is 8.31. The molecule has 3 heterocycles. The number of nitrogens with zero attached hydrogens (tertiary/aromatic N) is 6. The Labute approximate surface area is 152 Å². The maximum absolute atomic E-state index is 14.6. The van der Waals surface area contributed by atoms with Crippen LogP contribution in [0.3, 0.4) is 0 Å². The first-order valence-corrected chi connectivity index (χ1v) is 8.31. The fraction of sp³-hybridized carbons (Fsp3) is 0.375. The molecule has 2 aromatic rings. The van der Waals surface area contributed by atoms with E-state index in [-0.39, 0.29) is 31.1 Å². The zero-order valence-corrected chi connectivity index (χ0v) is 14.2. The van der Waals surface area contributed by atoms with Gasteiger partial charge in [0.25, 0.3) is 0 Å². The van der Waals surface area contributed by atoms with Crippen LogP contribution in [0.2, 0.25) is 0 Å². The number of hydrogen-bond acceptors (Lipinski definition) is 7. The molecule has 1 fully saturated rings. The molecule has 0 aliphatic carbocycles. The van der Waals surface area contributed by atoms with Crippen molar-refractivity contribution in [1.82, 2.24) is 15.0 Å². The number of cyclic esters (lactones) is 1. The van der Waals surface area contributed by atoms with Crippen LogP contribution in [0.5, 0.6) is 0 Å². The number of hydrogen-bond donors (Lipinski definition) is 0. The molecule has 2 aliphatic rings. The van der Waals surface area contributed by atoms with Crippen molar-refractivity contribution in [3.63, 3.8) is 0 Å². The minimum absolute atomic E-state index is 0.0786. The maximum atomic E-state index is 14.6. The molecule has 2 aliphatic heterocycles. The second-order valence-corrected chi connectivity index (χ2v) is 6.00. The average Bonchev–Trinajstić information content (AvgIpc) is 3.18. The Hall–Kier alpha value is -3.08. The molecule has 9 nitrogen and oxygen atoms in total. The molecule has 0 bridgehead atoms. The summed E-state index contributed by atoms with van der Waals surface area (Å²) in [6.07, 6.45) is 3.40. The summed E-state index contributed by atoms with van der Waals surface area (Å²) in [7, 11) is 0. The molecule has 142 valence electrons. The van der Waals surface area contributed by atoms with Crippen LogP contribution >= 0.6 is 0 Å². The fourth-order valence-corrected chi connectivity index (χ4v) is 2.97. The summed E-state index contributed by atoms with van der Waals surface area (Å²) in [6.45, 7) is 1.24. The average molecular weight is 378 g/mol. The van der Waals surface area contributed by atoms with Gasteiger partial charge in [-0.1, -0.05) is 5.21 Å². The summed E-state index contributed by atoms with van der Waals surface area (Å²) >= 11 is 0. The van der Waals surface area contributed by atoms with Gasteiger partial charge in [0, 0.05) is 18.3 Å². The number of hydrazone groups is 1. The molecule has 0 spiro atoms. The van der Waals surface area contributed by atoms with Gasteiger partial charge in [0.1, 0.15) is 11.8 Å². The van der Waals surface area contributed by atoms with Crippen molar-refractivity contribution >= 4 is 23.7 Å². The highest BCUT2D eigenvalue weighted by molar-refractivity contribution is 5.90. The van der Waals surface area contributed by atoms with Gasteiger partial charge in [-0.15, -0.1) is 5.10 Å². The highest BCUT2D eigenvalue weighted by Gasteiger charge is 2.34. The second-order valence-electron chi connectivity index (χ2n) is 6.00. The summed E-state index contributed by atoms with van der Waals surface area (Å²) in [5.41, 5.74) is -0.206. The van der Waals surface area contributed by atoms with E-state index in [0.29, 0.717) is 13.2 Å². The molecule has 1 saturated heterocycles. The molecule has 27 heavy (non-hydrogen) atoms. The van der Waals surface area contributed by atoms with Crippen molar-refractivity contribution in [1.29, 1.82) is 0 Å². The van der Waals surface area contributed by atoms with Crippen molar-refractivity contribution in [2.75, 3.05) is 36.2 Å². The lowest BCUT2D eigenvalue weighted by Gasteiger charge is -2.20. The Morgan fingerprint density at radius 1 is 1.26 bits per heavy atom. The quantitative estimate of drug-likeness (QED) is 0.800. The molecular formula is C16H16F2N6O3. The van der Waals surface area contributed by atoms with E-state index in [1.165, 1.54) is 27.0 Å². The summed E-state index contributed by atoms with van der Waals surface area (Å²) in [5.74, 6) is -1.65. The number of ether oxygens (including phenoxy) is 2. The number of carbonyl (C=O) groups excluding carboxylic acids is 1. The number of aromatic nitrogens is 3. The molecule has 11 heteroatoms. The zero-order valence-electron chi connectivity index (χ0n) is 14.2. The zero-order chi connectivity index (χ0) is 18.8. The smallest absolute Gasteiger partial charge is 0.414 e. The van der Waals surface area contributed by atoms with Gasteiger partial charge < -0.3 is 9.47 Å². The third-order valence-corrected chi connectivity index (χ3v) is 4.17. The van der Waals surface area contributed by atoms with E-state index in [1.54, 1.807) is 6.20 Å². The van der Waals surface area contributed by atoms with E-state index >= 15 is 0 Å². The van der Waals surface area contributed by atoms with Crippen molar-refractivity contribution in [3.05, 3.63) is 36.2 Å². The lowest BCUT2D eigenvalue weighted by atomic mass is 10.2. The Bertz CT molecular complexity index is 837. The van der Waals surface area contributed by atoms with E-state index < -0.39 is 23.8 Å². The molecule has 1 aromatic heterocycles. The topological polar surface area (TPSA) is 85.1 Å². The van der Waals surface area contributed by atoms with Crippen molar-refractivity contribution < 1.29 is 23.0 Å². The monoisotopic (exact) mass is 378 g/mol. The van der Waals surface area contributed by atoms with E-state index in [2.05, 4.69) is 15.4 Å². The van der Waals surface area contributed by atoms with E-state index in [9.17, 15) is 13.6 Å². The largest absolute Gasteiger partial charge is 0.442 e. The molecule has 0 radical (unpaired) electrons. The number of rotatable bonds is 4. The van der Waals surface area contributed by atoms with E-state index in [0.717, 1.165) is 12.1 Å². The predicted octanol–water partition coefficient (Wildman–Crippen LogP) is 1.40. The van der Waals surface area contributed by atoms with Crippen LogP contribution in [0, 0.1) is 11.6 Å². The third kappa shape index (κ3) is 3.58. The Kier molecular flexibility index (Phi) is 4.67. The Morgan fingerprint density at radius 3 is 2.81 bits per heavy atom.